The van der Waals surface area contributed by atoms with Crippen molar-refractivity contribution in [2.45, 2.75) is 262 Å². The number of nitrogens with zero attached hydrogens (tertiary/aromatic N) is 12. The molecule has 0 aliphatic heterocycles. The van der Waals surface area contributed by atoms with Gasteiger partial charge in [-0.1, -0.05) is 221 Å². The van der Waals surface area contributed by atoms with Gasteiger partial charge in [0.25, 0.3) is 0 Å². The van der Waals surface area contributed by atoms with Crippen LogP contribution in [0.2, 0.25) is 0 Å². The molecule has 0 radical (unpaired) electrons. The second-order valence-corrected chi connectivity index (χ2v) is 38.1. The number of anilines is 20. The van der Waals surface area contributed by atoms with E-state index in [4.69, 9.17) is 0 Å². The topological polar surface area (TPSA) is 38.9 Å². The van der Waals surface area contributed by atoms with Crippen LogP contribution < -0.4 is 53.9 Å². The maximum atomic E-state index is 2.69. The molecule has 730 valence electrons. The number of allylic oxidation sites excluding steroid dienone is 4. The number of benzene rings is 11. The molecule has 0 heterocycles. The third kappa shape index (κ3) is 28.2. The second kappa shape index (κ2) is 55.5. The lowest BCUT2D eigenvalue weighted by atomic mass is 10.0. The molecule has 2 aliphatic carbocycles. The van der Waals surface area contributed by atoms with E-state index in [1.54, 1.807) is 0 Å². The number of hydrogen-bond acceptors (Lipinski definition) is 12. The zero-order valence-electron chi connectivity index (χ0n) is 86.4. The molecule has 0 spiro atoms. The van der Waals surface area contributed by atoms with Gasteiger partial charge in [0.1, 0.15) is 0 Å². The molecule has 11 aromatic carbocycles. The Balaban J connectivity index is 0.936. The maximum Gasteiger partial charge on any atom is 0.0708 e. The van der Waals surface area contributed by atoms with Gasteiger partial charge in [0.2, 0.25) is 0 Å². The lowest BCUT2D eigenvalue weighted by molar-refractivity contribution is 0.319. The van der Waals surface area contributed by atoms with Gasteiger partial charge >= 0.3 is 0 Å². The van der Waals surface area contributed by atoms with E-state index in [0.717, 1.165) is 171 Å². The van der Waals surface area contributed by atoms with Crippen LogP contribution in [0.15, 0.2) is 327 Å². The summed E-state index contributed by atoms with van der Waals surface area (Å²) in [5.41, 5.74) is 25.9. The maximum absolute atomic E-state index is 2.69. The summed E-state index contributed by atoms with van der Waals surface area (Å²) in [5.74, 6) is 0. The quantitative estimate of drug-likeness (QED) is 0.0341. The first kappa shape index (κ1) is 103. The summed E-state index contributed by atoms with van der Waals surface area (Å²) in [6, 6.07) is 106. The van der Waals surface area contributed by atoms with E-state index < -0.39 is 0 Å². The van der Waals surface area contributed by atoms with Crippen LogP contribution >= 0.6 is 0 Å². The van der Waals surface area contributed by atoms with E-state index >= 15 is 0 Å². The van der Waals surface area contributed by atoms with Gasteiger partial charge in [0.15, 0.2) is 0 Å². The minimum Gasteiger partial charge on any atom is -0.375 e. The summed E-state index contributed by atoms with van der Waals surface area (Å²) in [7, 11) is 0. The monoisotopic (exact) mass is 1850 g/mol. The first-order chi connectivity index (χ1) is 68.0. The molecule has 12 heteroatoms. The smallest absolute Gasteiger partial charge is 0.0708 e. The molecule has 0 unspecified atom stereocenters. The van der Waals surface area contributed by atoms with Crippen LogP contribution in [0.5, 0.6) is 0 Å². The lowest BCUT2D eigenvalue weighted by Gasteiger charge is -2.37. The molecular formula is C126H166N12. The minimum atomic E-state index is -0.181. The predicted octanol–water partition coefficient (Wildman–Crippen LogP) is 35.6. The Morgan fingerprint density at radius 3 is 0.493 bits per heavy atom. The van der Waals surface area contributed by atoms with Crippen molar-refractivity contribution in [1.29, 1.82) is 0 Å². The molecule has 0 saturated carbocycles. The number of unbranched alkanes of at least 4 members (excludes halogenated alkanes) is 12. The zero-order chi connectivity index (χ0) is 96.4. The van der Waals surface area contributed by atoms with E-state index in [0.29, 0.717) is 0 Å². The van der Waals surface area contributed by atoms with E-state index in [9.17, 15) is 0 Å². The van der Waals surface area contributed by atoms with Crippen molar-refractivity contribution in [3.8, 4) is 0 Å². The molecular weight excluding hydrogens is 1680 g/mol. The molecule has 0 N–H and O–H groups in total. The summed E-state index contributed by atoms with van der Waals surface area (Å²) in [4.78, 5) is 30.6. The number of para-hydroxylation sites is 2. The number of hydrogen-bond donors (Lipinski definition) is 0. The Labute approximate surface area is 834 Å². The third-order valence-electron chi connectivity index (χ3n) is 27.7. The highest BCUT2D eigenvalue weighted by Crippen LogP contribution is 2.46. The van der Waals surface area contributed by atoms with Gasteiger partial charge in [0, 0.05) is 204 Å². The van der Waals surface area contributed by atoms with Gasteiger partial charge in [-0.15, -0.1) is 0 Å². The van der Waals surface area contributed by atoms with Crippen LogP contribution in [0.1, 0.15) is 250 Å². The van der Waals surface area contributed by atoms with Crippen LogP contribution in [0.4, 0.5) is 114 Å². The Morgan fingerprint density at radius 2 is 0.312 bits per heavy atom. The van der Waals surface area contributed by atoms with E-state index in [2.05, 4.69) is 457 Å². The van der Waals surface area contributed by atoms with Crippen molar-refractivity contribution in [3.05, 3.63) is 327 Å². The Morgan fingerprint density at radius 1 is 0.159 bits per heavy atom. The third-order valence-corrected chi connectivity index (χ3v) is 27.7. The van der Waals surface area contributed by atoms with Crippen molar-refractivity contribution >= 4 is 114 Å². The molecule has 0 aromatic heterocycles. The molecule has 0 fully saturated rings. The molecule has 0 atom stereocenters. The average Bonchev–Trinajstić information content (AvgIpc) is 0.762. The predicted molar refractivity (Wildman–Crippen MR) is 605 cm³/mol. The van der Waals surface area contributed by atoms with Gasteiger partial charge in [-0.05, 0) is 345 Å². The fourth-order valence-electron chi connectivity index (χ4n) is 19.5. The van der Waals surface area contributed by atoms with Crippen LogP contribution in [0, 0.1) is 0 Å². The van der Waals surface area contributed by atoms with Crippen molar-refractivity contribution in [2.24, 2.45) is 0 Å². The number of rotatable bonds is 60. The Bertz CT molecular complexity index is 5110. The van der Waals surface area contributed by atoms with Crippen LogP contribution in [-0.2, 0) is 0 Å². The Kier molecular flexibility index (Phi) is 41.6. The molecule has 12 nitrogen and oxygen atoms in total. The fourth-order valence-corrected chi connectivity index (χ4v) is 19.5. The first-order valence-corrected chi connectivity index (χ1v) is 54.0. The summed E-state index contributed by atoms with van der Waals surface area (Å²) < 4.78 is 0. The molecule has 138 heavy (non-hydrogen) atoms. The van der Waals surface area contributed by atoms with Gasteiger partial charge < -0.3 is 58.8 Å². The van der Waals surface area contributed by atoms with Crippen LogP contribution in [0.25, 0.3) is 0 Å². The molecule has 2 aliphatic rings. The minimum absolute atomic E-state index is 0.178. The summed E-state index contributed by atoms with van der Waals surface area (Å²) in [5, 5.41) is 0. The summed E-state index contributed by atoms with van der Waals surface area (Å²) >= 11 is 0. The molecule has 11 aromatic rings. The summed E-state index contributed by atoms with van der Waals surface area (Å²) in [6.07, 6.45) is 44.9. The zero-order valence-corrected chi connectivity index (χ0v) is 86.4. The molecule has 0 saturated heterocycles. The van der Waals surface area contributed by atoms with Gasteiger partial charge in [0.05, 0.1) is 12.1 Å². The normalized spacial score (nSPS) is 13.4. The average molecular weight is 1850 g/mol. The Hall–Kier alpha value is -12.0. The lowest BCUT2D eigenvalue weighted by Crippen LogP contribution is -2.34. The van der Waals surface area contributed by atoms with Crippen molar-refractivity contribution in [3.63, 3.8) is 0 Å². The standard InChI is InChI=1S/C126H166N12/c1-13-25-91-127(92-26-14-2)103-47-59-111(60-48-103)133(109-43-39-37-40-44-109)117-71-75-121(76-72-117)137(122-77-73-118(74-78-122)134(110-45-41-38-42-46-110)112-61-49-104(50-62-112)128(93-27-15-3)94-28-16-4)125-87-89-126(90-88-125)138(123-83-79-119(80-84-123)135(113-63-51-105(52-64-113)129(95-29-17-5)96-30-18-6)114-65-53-106(54-66-114)130(97-31-19-7)98-32-20-8)124-85-81-120(82-86-124)136(115-67-55-107(56-68-115)131(99-33-21-9)100-34-22-10)116-69-57-108(58-70-116)132(101-35-23-11)102-36-24-12/h37-57,59-69,71-90,125-126H,13-36,58,70,91-102H2,1-12H3. The van der Waals surface area contributed by atoms with Gasteiger partial charge in [-0.2, -0.15) is 0 Å². The molecule has 0 bridgehead atoms. The highest BCUT2D eigenvalue weighted by Gasteiger charge is 2.29. The van der Waals surface area contributed by atoms with E-state index in [-0.39, 0.29) is 12.1 Å². The van der Waals surface area contributed by atoms with Gasteiger partial charge in [-0.25, -0.2) is 0 Å². The van der Waals surface area contributed by atoms with Crippen molar-refractivity contribution < 1.29 is 0 Å². The van der Waals surface area contributed by atoms with Crippen molar-refractivity contribution in [1.82, 2.24) is 4.90 Å². The van der Waals surface area contributed by atoms with Crippen LogP contribution in [0.3, 0.4) is 0 Å². The first-order valence-electron chi connectivity index (χ1n) is 54.0. The highest BCUT2D eigenvalue weighted by atomic mass is 15.2. The largest absolute Gasteiger partial charge is 0.375 e. The van der Waals surface area contributed by atoms with Crippen LogP contribution in [-0.4, -0.2) is 95.5 Å². The fraction of sp³-hybridized carbons (Fsp3) is 0.413. The SMILES string of the molecule is CCCCN(CCCC)C1=CC=C(N(c2ccc(N(CCCC)CCCC)cc2)c2ccc(N(c3ccc(N(c4ccc(N(CCCC)CCCC)cc4)c4ccc(N(CCCC)CCCC)cc4)cc3)C3C=CC(N(c4ccc(N(c5ccccc5)c5ccc(N(CCCC)CCCC)cc5)cc4)c4ccc(N(c5ccccc5)c5ccc(N(CCCC)CCCC)cc5)cc4)C=C3)cc2)CC1. The summed E-state index contributed by atoms with van der Waals surface area (Å²) in [6.45, 7) is 40.5. The van der Waals surface area contributed by atoms with E-state index in [1.165, 1.54) is 200 Å². The molecule has 0 amide bonds. The molecule has 13 rings (SSSR count). The second-order valence-electron chi connectivity index (χ2n) is 38.1. The van der Waals surface area contributed by atoms with Crippen molar-refractivity contribution in [2.75, 3.05) is 132 Å². The van der Waals surface area contributed by atoms with Gasteiger partial charge in [-0.3, -0.25) is 0 Å². The highest BCUT2D eigenvalue weighted by molar-refractivity contribution is 5.85. The van der Waals surface area contributed by atoms with E-state index in [1.807, 2.05) is 0 Å².